The van der Waals surface area contributed by atoms with Gasteiger partial charge in [-0.15, -0.1) is 6.58 Å². The van der Waals surface area contributed by atoms with Crippen LogP contribution in [0.1, 0.15) is 33.6 Å². The Bertz CT molecular complexity index is 1130. The van der Waals surface area contributed by atoms with Crippen molar-refractivity contribution < 1.29 is 36.8 Å². The molecule has 0 spiro atoms. The third-order valence-corrected chi connectivity index (χ3v) is 8.69. The van der Waals surface area contributed by atoms with Gasteiger partial charge in [-0.2, -0.15) is 0 Å². The van der Waals surface area contributed by atoms with E-state index in [0.29, 0.717) is 6.42 Å². The molecule has 1 saturated heterocycles. The van der Waals surface area contributed by atoms with E-state index in [9.17, 15) is 23.1 Å². The van der Waals surface area contributed by atoms with Gasteiger partial charge in [-0.05, 0) is 51.5 Å². The monoisotopic (exact) mass is 588 g/mol. The normalized spacial score (nSPS) is 26.9. The van der Waals surface area contributed by atoms with Crippen molar-refractivity contribution in [3.05, 3.63) is 41.4 Å². The first-order chi connectivity index (χ1) is 16.5. The SMILES string of the molecule is C=C[C@@H]1C[C@]1(NC(=O)C1C[C@H](OS(C)(=O)(O)c2ccc(Br)cc2)CN1C(=O)OC(C)(C)C)C(=O)OC. The smallest absolute Gasteiger partial charge is 0.411 e. The standard InChI is InChI=1S/C24H33BrN2O8S/c1-7-15-13-24(15,21(29)33-5)26-20(28)19-12-17(14-27(19)22(30)34-23(2,3)4)35-36(6,31,32)18-10-8-16(25)9-11-18/h7-11,15,17,19H,1,12-14H2,2-6H3,(H,26,28)(H,31,32)/t15-,17+,19?,24-/m1/s1. The molecule has 0 aromatic heterocycles. The predicted molar refractivity (Wildman–Crippen MR) is 137 cm³/mol. The third-order valence-electron chi connectivity index (χ3n) is 6.10. The van der Waals surface area contributed by atoms with Gasteiger partial charge in [0.15, 0.2) is 0 Å². The van der Waals surface area contributed by atoms with Crippen LogP contribution in [0.3, 0.4) is 0 Å². The molecule has 0 radical (unpaired) electrons. The van der Waals surface area contributed by atoms with Crippen LogP contribution in [0.5, 0.6) is 0 Å². The summed E-state index contributed by atoms with van der Waals surface area (Å²) in [6.07, 6.45) is 1.13. The molecule has 2 fully saturated rings. The fourth-order valence-electron chi connectivity index (χ4n) is 4.24. The predicted octanol–water partition coefficient (Wildman–Crippen LogP) is 3.27. The molecule has 1 aromatic rings. The maximum atomic E-state index is 13.5. The van der Waals surface area contributed by atoms with Gasteiger partial charge in [-0.3, -0.25) is 13.9 Å². The number of benzene rings is 1. The number of rotatable bonds is 7. The maximum Gasteiger partial charge on any atom is 0.411 e. The molecule has 200 valence electrons. The molecule has 2 N–H and O–H groups in total. The van der Waals surface area contributed by atoms with Gasteiger partial charge in [-0.1, -0.05) is 22.0 Å². The van der Waals surface area contributed by atoms with Crippen LogP contribution in [0, 0.1) is 5.92 Å². The van der Waals surface area contributed by atoms with Crippen molar-refractivity contribution >= 4 is 43.5 Å². The van der Waals surface area contributed by atoms with Crippen LogP contribution in [0.15, 0.2) is 46.3 Å². The van der Waals surface area contributed by atoms with Crippen molar-refractivity contribution in [1.82, 2.24) is 10.2 Å². The number of carbonyl (C=O) groups is 3. The number of nitrogens with zero attached hydrogens (tertiary/aromatic N) is 1. The number of halogens is 1. The van der Waals surface area contributed by atoms with Crippen LogP contribution in [0.2, 0.25) is 0 Å². The van der Waals surface area contributed by atoms with Gasteiger partial charge in [-0.25, -0.2) is 13.8 Å². The zero-order valence-corrected chi connectivity index (χ0v) is 23.4. The quantitative estimate of drug-likeness (QED) is 0.366. The molecule has 1 heterocycles. The van der Waals surface area contributed by atoms with Crippen LogP contribution in [-0.2, 0) is 32.9 Å². The van der Waals surface area contributed by atoms with Crippen LogP contribution in [0.4, 0.5) is 4.79 Å². The molecule has 3 rings (SSSR count). The van der Waals surface area contributed by atoms with E-state index in [4.69, 9.17) is 13.7 Å². The lowest BCUT2D eigenvalue weighted by molar-refractivity contribution is -0.147. The fourth-order valence-corrected chi connectivity index (χ4v) is 6.15. The molecule has 1 saturated carbocycles. The molecule has 12 heteroatoms. The lowest BCUT2D eigenvalue weighted by Crippen LogP contribution is -2.53. The Labute approximate surface area is 219 Å². The van der Waals surface area contributed by atoms with Crippen LogP contribution >= 0.6 is 15.9 Å². The Morgan fingerprint density at radius 3 is 2.39 bits per heavy atom. The van der Waals surface area contributed by atoms with Crippen molar-refractivity contribution in [1.29, 1.82) is 0 Å². The molecule has 4 atom stereocenters. The number of nitrogens with one attached hydrogen (secondary N) is 1. The van der Waals surface area contributed by atoms with Gasteiger partial charge in [0.1, 0.15) is 26.8 Å². The fraction of sp³-hybridized carbons (Fsp3) is 0.542. The highest BCUT2D eigenvalue weighted by Crippen LogP contribution is 2.46. The van der Waals surface area contributed by atoms with E-state index in [1.54, 1.807) is 39.0 Å². The molecule has 1 aromatic carbocycles. The summed E-state index contributed by atoms with van der Waals surface area (Å²) in [5, 5.41) is 2.71. The summed E-state index contributed by atoms with van der Waals surface area (Å²) >= 11 is 3.29. The molecule has 1 aliphatic carbocycles. The highest BCUT2D eigenvalue weighted by molar-refractivity contribution is 9.10. The Morgan fingerprint density at radius 1 is 1.28 bits per heavy atom. The van der Waals surface area contributed by atoms with Gasteiger partial charge in [0.2, 0.25) is 5.91 Å². The lowest BCUT2D eigenvalue weighted by atomic mass is 10.1. The van der Waals surface area contributed by atoms with Gasteiger partial charge in [0.05, 0.1) is 24.7 Å². The minimum Gasteiger partial charge on any atom is -0.467 e. The number of amides is 2. The first-order valence-electron chi connectivity index (χ1n) is 11.4. The number of methoxy groups -OCH3 is 1. The zero-order chi connectivity index (χ0) is 27.1. The number of hydrogen-bond acceptors (Lipinski definition) is 7. The zero-order valence-electron chi connectivity index (χ0n) is 21.0. The highest BCUT2D eigenvalue weighted by Gasteiger charge is 2.62. The van der Waals surface area contributed by atoms with Crippen molar-refractivity contribution in [3.8, 4) is 0 Å². The second-order valence-electron chi connectivity index (χ2n) is 10.2. The molecular formula is C24H33BrN2O8S. The Kier molecular flexibility index (Phi) is 7.50. The van der Waals surface area contributed by atoms with Crippen LogP contribution in [0.25, 0.3) is 0 Å². The number of carbonyl (C=O) groups excluding carboxylic acids is 3. The first kappa shape index (κ1) is 28.3. The van der Waals surface area contributed by atoms with Gasteiger partial charge in [0.25, 0.3) is 0 Å². The number of likely N-dealkylation sites (tertiary alicyclic amines) is 1. The molecule has 1 unspecified atom stereocenters. The van der Waals surface area contributed by atoms with E-state index >= 15 is 0 Å². The van der Waals surface area contributed by atoms with E-state index in [2.05, 4.69) is 27.8 Å². The second-order valence-corrected chi connectivity index (χ2v) is 14.2. The van der Waals surface area contributed by atoms with E-state index in [-0.39, 0.29) is 23.8 Å². The van der Waals surface area contributed by atoms with Crippen molar-refractivity contribution in [3.63, 3.8) is 0 Å². The number of ether oxygens (including phenoxy) is 2. The molecule has 2 amide bonds. The van der Waals surface area contributed by atoms with E-state index in [1.807, 2.05) is 0 Å². The summed E-state index contributed by atoms with van der Waals surface area (Å²) in [5.74, 6) is -1.55. The largest absolute Gasteiger partial charge is 0.467 e. The summed E-state index contributed by atoms with van der Waals surface area (Å²) in [4.78, 5) is 40.0. The molecule has 36 heavy (non-hydrogen) atoms. The molecule has 10 nitrogen and oxygen atoms in total. The van der Waals surface area contributed by atoms with Gasteiger partial charge in [0, 0.05) is 23.1 Å². The molecular weight excluding hydrogens is 556 g/mol. The Hall–Kier alpha value is -2.28. The molecule has 2 aliphatic rings. The second kappa shape index (κ2) is 9.55. The number of hydrogen-bond donors (Lipinski definition) is 2. The molecule has 1 aliphatic heterocycles. The summed E-state index contributed by atoms with van der Waals surface area (Å²) < 4.78 is 41.3. The summed E-state index contributed by atoms with van der Waals surface area (Å²) in [7, 11) is -3.56. The van der Waals surface area contributed by atoms with Crippen LogP contribution < -0.4 is 5.32 Å². The Balaban J connectivity index is 1.86. The lowest BCUT2D eigenvalue weighted by Gasteiger charge is -2.35. The summed E-state index contributed by atoms with van der Waals surface area (Å²) in [5.41, 5.74) is -2.11. The van der Waals surface area contributed by atoms with Gasteiger partial charge < -0.3 is 19.3 Å². The third kappa shape index (κ3) is 5.99. The van der Waals surface area contributed by atoms with Crippen molar-refractivity contribution in [2.45, 2.75) is 61.8 Å². The highest BCUT2D eigenvalue weighted by atomic mass is 79.9. The first-order valence-corrected chi connectivity index (χ1v) is 14.4. The van der Waals surface area contributed by atoms with Crippen molar-refractivity contribution in [2.75, 3.05) is 19.9 Å². The van der Waals surface area contributed by atoms with E-state index < -0.39 is 50.9 Å². The topological polar surface area (TPSA) is 131 Å². The van der Waals surface area contributed by atoms with Gasteiger partial charge >= 0.3 is 12.1 Å². The summed E-state index contributed by atoms with van der Waals surface area (Å²) in [6, 6.07) is 5.05. The Morgan fingerprint density at radius 2 is 1.89 bits per heavy atom. The minimum absolute atomic E-state index is 0.0587. The maximum absolute atomic E-state index is 13.5. The van der Waals surface area contributed by atoms with Crippen molar-refractivity contribution in [2.24, 2.45) is 5.92 Å². The average Bonchev–Trinajstić information content (AvgIpc) is 3.31. The average molecular weight is 590 g/mol. The van der Waals surface area contributed by atoms with E-state index in [0.717, 1.165) is 15.6 Å². The molecule has 0 bridgehead atoms. The van der Waals surface area contributed by atoms with E-state index in [1.165, 1.54) is 19.2 Å². The minimum atomic E-state index is -4.79. The summed E-state index contributed by atoms with van der Waals surface area (Å²) in [6.45, 7) is 8.59. The number of esters is 1. The van der Waals surface area contributed by atoms with Crippen LogP contribution in [-0.4, -0.2) is 74.8 Å².